The topological polar surface area (TPSA) is 69.9 Å². The Kier molecular flexibility index (Phi) is 5.86. The highest BCUT2D eigenvalue weighted by Gasteiger charge is 2.26. The molecule has 0 fully saturated rings. The molecule has 4 aromatic heterocycles. The molecule has 7 aromatic carbocycles. The van der Waals surface area contributed by atoms with Crippen molar-refractivity contribution in [1.29, 1.82) is 0 Å². The fourth-order valence-corrected chi connectivity index (χ4v) is 7.59. The van der Waals surface area contributed by atoms with Crippen molar-refractivity contribution >= 4 is 65.7 Å². The van der Waals surface area contributed by atoms with Gasteiger partial charge in [0.05, 0.1) is 16.4 Å². The monoisotopic (exact) mass is 654 g/mol. The lowest BCUT2D eigenvalue weighted by Gasteiger charge is -2.11. The summed E-state index contributed by atoms with van der Waals surface area (Å²) in [6, 6.07) is 53.7. The lowest BCUT2D eigenvalue weighted by Crippen LogP contribution is -2.00. The van der Waals surface area contributed by atoms with Crippen molar-refractivity contribution in [2.45, 2.75) is 0 Å². The van der Waals surface area contributed by atoms with Crippen LogP contribution in [0.4, 0.5) is 0 Å². The Balaban J connectivity index is 1.18. The van der Waals surface area contributed by atoms with Crippen molar-refractivity contribution < 1.29 is 8.83 Å². The SMILES string of the molecule is c1ccc(-c2nc(-c3ccccc3)nc(-c3ccc(-n4c5ccccc5c5c6c7ccccc7oc6c6oc7ccccc7c6c54)cc3)n2)cc1. The normalized spacial score (nSPS) is 11.9. The van der Waals surface area contributed by atoms with Crippen LogP contribution in [0.25, 0.3) is 106 Å². The zero-order valence-electron chi connectivity index (χ0n) is 27.1. The number of benzene rings is 7. The zero-order chi connectivity index (χ0) is 33.5. The van der Waals surface area contributed by atoms with Crippen LogP contribution in [-0.2, 0) is 0 Å². The number of rotatable bonds is 4. The average Bonchev–Trinajstić information content (AvgIpc) is 3.88. The smallest absolute Gasteiger partial charge is 0.180 e. The molecule has 0 unspecified atom stereocenters. The second kappa shape index (κ2) is 10.7. The van der Waals surface area contributed by atoms with Crippen molar-refractivity contribution in [3.63, 3.8) is 0 Å². The quantitative estimate of drug-likeness (QED) is 0.189. The number of nitrogens with zero attached hydrogens (tertiary/aromatic N) is 4. The maximum atomic E-state index is 6.63. The highest BCUT2D eigenvalue weighted by atomic mass is 16.4. The van der Waals surface area contributed by atoms with Gasteiger partial charge in [0.1, 0.15) is 11.2 Å². The predicted molar refractivity (Wildman–Crippen MR) is 205 cm³/mol. The van der Waals surface area contributed by atoms with Gasteiger partial charge in [0, 0.05) is 49.3 Å². The highest BCUT2D eigenvalue weighted by Crippen LogP contribution is 2.48. The van der Waals surface area contributed by atoms with E-state index in [4.69, 9.17) is 23.8 Å². The van der Waals surface area contributed by atoms with E-state index in [0.717, 1.165) is 88.1 Å². The first-order valence-corrected chi connectivity index (χ1v) is 17.0. The largest absolute Gasteiger partial charge is 0.452 e. The van der Waals surface area contributed by atoms with Gasteiger partial charge >= 0.3 is 0 Å². The van der Waals surface area contributed by atoms with Gasteiger partial charge in [-0.3, -0.25) is 0 Å². The van der Waals surface area contributed by atoms with Crippen molar-refractivity contribution in [1.82, 2.24) is 19.5 Å². The maximum absolute atomic E-state index is 6.63. The summed E-state index contributed by atoms with van der Waals surface area (Å²) in [5.74, 6) is 1.89. The first-order chi connectivity index (χ1) is 25.3. The van der Waals surface area contributed by atoms with E-state index < -0.39 is 0 Å². The molecule has 0 atom stereocenters. The third-order valence-electron chi connectivity index (χ3n) is 9.84. The lowest BCUT2D eigenvalue weighted by atomic mass is 10.0. The number of hydrogen-bond acceptors (Lipinski definition) is 5. The molecule has 6 nitrogen and oxygen atoms in total. The molecule has 0 amide bonds. The molecule has 0 N–H and O–H groups in total. The third-order valence-corrected chi connectivity index (χ3v) is 9.84. The van der Waals surface area contributed by atoms with Crippen LogP contribution in [0.5, 0.6) is 0 Å². The maximum Gasteiger partial charge on any atom is 0.180 e. The van der Waals surface area contributed by atoms with Crippen LogP contribution in [0.15, 0.2) is 167 Å². The summed E-state index contributed by atoms with van der Waals surface area (Å²) in [6.45, 7) is 0. The van der Waals surface area contributed by atoms with E-state index in [1.807, 2.05) is 84.9 Å². The number of aromatic nitrogens is 4. The Hall–Kier alpha value is -7.05. The minimum atomic E-state index is 0.617. The second-order valence-electron chi connectivity index (χ2n) is 12.8. The number of para-hydroxylation sites is 3. The molecule has 0 saturated heterocycles. The summed E-state index contributed by atoms with van der Waals surface area (Å²) in [5.41, 5.74) is 9.17. The fraction of sp³-hybridized carbons (Fsp3) is 0. The Morgan fingerprint density at radius 2 is 0.824 bits per heavy atom. The van der Waals surface area contributed by atoms with Gasteiger partial charge in [-0.2, -0.15) is 0 Å². The molecule has 11 rings (SSSR count). The number of hydrogen-bond donors (Lipinski definition) is 0. The molecule has 11 aromatic rings. The van der Waals surface area contributed by atoms with Gasteiger partial charge < -0.3 is 13.4 Å². The predicted octanol–water partition coefficient (Wildman–Crippen LogP) is 11.8. The molecular formula is C45H26N4O2. The van der Waals surface area contributed by atoms with Gasteiger partial charge in [0.15, 0.2) is 28.6 Å². The molecule has 0 bridgehead atoms. The molecule has 0 aliphatic carbocycles. The van der Waals surface area contributed by atoms with Gasteiger partial charge in [0.25, 0.3) is 0 Å². The van der Waals surface area contributed by atoms with Gasteiger partial charge in [-0.05, 0) is 42.5 Å². The Bertz CT molecular complexity index is 3060. The summed E-state index contributed by atoms with van der Waals surface area (Å²) in [5, 5.41) is 6.50. The van der Waals surface area contributed by atoms with E-state index in [9.17, 15) is 0 Å². The first-order valence-electron chi connectivity index (χ1n) is 17.0. The third kappa shape index (κ3) is 4.14. The first kappa shape index (κ1) is 27.9. The van der Waals surface area contributed by atoms with Crippen molar-refractivity contribution in [3.05, 3.63) is 158 Å². The van der Waals surface area contributed by atoms with Gasteiger partial charge in [-0.1, -0.05) is 115 Å². The second-order valence-corrected chi connectivity index (χ2v) is 12.8. The summed E-state index contributed by atoms with van der Waals surface area (Å²) < 4.78 is 15.6. The van der Waals surface area contributed by atoms with Gasteiger partial charge in [-0.25, -0.2) is 15.0 Å². The molecule has 238 valence electrons. The van der Waals surface area contributed by atoms with E-state index in [0.29, 0.717) is 17.5 Å². The van der Waals surface area contributed by atoms with Crippen LogP contribution in [-0.4, -0.2) is 19.5 Å². The van der Waals surface area contributed by atoms with Crippen molar-refractivity contribution in [2.75, 3.05) is 0 Å². The number of furan rings is 2. The molecule has 0 spiro atoms. The van der Waals surface area contributed by atoms with Crippen molar-refractivity contribution in [3.8, 4) is 39.9 Å². The molecule has 0 aliphatic heterocycles. The van der Waals surface area contributed by atoms with Crippen LogP contribution >= 0.6 is 0 Å². The summed E-state index contributed by atoms with van der Waals surface area (Å²) in [4.78, 5) is 14.8. The van der Waals surface area contributed by atoms with Crippen LogP contribution in [0, 0.1) is 0 Å². The van der Waals surface area contributed by atoms with E-state index >= 15 is 0 Å². The molecule has 0 radical (unpaired) electrons. The highest BCUT2D eigenvalue weighted by molar-refractivity contribution is 6.38. The lowest BCUT2D eigenvalue weighted by molar-refractivity contribution is 0.633. The minimum Gasteiger partial charge on any atom is -0.452 e. The van der Waals surface area contributed by atoms with Gasteiger partial charge in [-0.15, -0.1) is 0 Å². The van der Waals surface area contributed by atoms with E-state index in [1.165, 1.54) is 0 Å². The van der Waals surface area contributed by atoms with Crippen LogP contribution in [0.2, 0.25) is 0 Å². The molecule has 51 heavy (non-hydrogen) atoms. The fourth-order valence-electron chi connectivity index (χ4n) is 7.59. The Morgan fingerprint density at radius 1 is 0.373 bits per heavy atom. The Morgan fingerprint density at radius 3 is 1.41 bits per heavy atom. The van der Waals surface area contributed by atoms with Crippen LogP contribution in [0.3, 0.4) is 0 Å². The Labute approximate surface area is 290 Å². The van der Waals surface area contributed by atoms with Crippen LogP contribution in [0.1, 0.15) is 0 Å². The average molecular weight is 655 g/mol. The minimum absolute atomic E-state index is 0.617. The van der Waals surface area contributed by atoms with Gasteiger partial charge in [0.2, 0.25) is 0 Å². The zero-order valence-corrected chi connectivity index (χ0v) is 27.1. The molecular weight excluding hydrogens is 629 g/mol. The summed E-state index contributed by atoms with van der Waals surface area (Å²) in [7, 11) is 0. The summed E-state index contributed by atoms with van der Waals surface area (Å²) >= 11 is 0. The van der Waals surface area contributed by atoms with E-state index in [2.05, 4.69) is 77.4 Å². The number of fused-ring (bicyclic) bond motifs is 12. The van der Waals surface area contributed by atoms with E-state index in [1.54, 1.807) is 0 Å². The molecule has 0 saturated carbocycles. The molecule has 4 heterocycles. The molecule has 0 aliphatic rings. The van der Waals surface area contributed by atoms with Crippen molar-refractivity contribution in [2.24, 2.45) is 0 Å². The molecule has 6 heteroatoms. The van der Waals surface area contributed by atoms with Crippen LogP contribution < -0.4 is 0 Å². The van der Waals surface area contributed by atoms with E-state index in [-0.39, 0.29) is 0 Å². The standard InChI is InChI=1S/C45H26N4O2/c1-3-13-27(14-4-1)43-46-44(28-15-5-2-6-16-28)48-45(47-43)29-23-25-30(26-24-29)49-34-20-10-7-17-31(34)37-38-32-18-8-11-21-35(32)50-41(38)42-39(40(37)49)33-19-9-12-22-36(33)51-42/h1-26H. The summed E-state index contributed by atoms with van der Waals surface area (Å²) in [6.07, 6.45) is 0.